The van der Waals surface area contributed by atoms with E-state index in [-0.39, 0.29) is 34.7 Å². The first-order valence-electron chi connectivity index (χ1n) is 9.76. The van der Waals surface area contributed by atoms with Gasteiger partial charge in [-0.2, -0.15) is 0 Å². The second-order valence-corrected chi connectivity index (χ2v) is 8.44. The monoisotopic (exact) mass is 559 g/mol. The molecule has 3 rings (SSSR count). The van der Waals surface area contributed by atoms with Crippen LogP contribution in [0.3, 0.4) is 0 Å². The van der Waals surface area contributed by atoms with E-state index in [2.05, 4.69) is 20.6 Å². The van der Waals surface area contributed by atoms with Crippen LogP contribution < -0.4 is 15.8 Å². The molecule has 2 aromatic carbocycles. The van der Waals surface area contributed by atoms with Gasteiger partial charge in [0.2, 0.25) is 10.0 Å². The molecule has 0 fully saturated rings. The highest BCUT2D eigenvalue weighted by molar-refractivity contribution is 14.0. The molecule has 10 heteroatoms. The summed E-state index contributed by atoms with van der Waals surface area (Å²) in [5, 5.41) is 12.6. The number of sulfonamides is 1. The molecule has 31 heavy (non-hydrogen) atoms. The van der Waals surface area contributed by atoms with Crippen molar-refractivity contribution in [1.29, 1.82) is 0 Å². The Hall–Kier alpha value is -2.18. The van der Waals surface area contributed by atoms with Gasteiger partial charge in [-0.1, -0.05) is 12.1 Å². The Balaban J connectivity index is 0.00000341. The highest BCUT2D eigenvalue weighted by Gasteiger charge is 2.07. The van der Waals surface area contributed by atoms with Gasteiger partial charge in [-0.05, 0) is 61.2 Å². The van der Waals surface area contributed by atoms with Crippen molar-refractivity contribution in [3.63, 3.8) is 0 Å². The lowest BCUT2D eigenvalue weighted by atomic mass is 10.1. The van der Waals surface area contributed by atoms with Crippen LogP contribution in [0, 0.1) is 5.82 Å². The first kappa shape index (κ1) is 25.1. The molecule has 0 bridgehead atoms. The number of primary sulfonamides is 1. The van der Waals surface area contributed by atoms with Crippen molar-refractivity contribution in [2.24, 2.45) is 10.1 Å². The summed E-state index contributed by atoms with van der Waals surface area (Å²) in [6.07, 6.45) is 3.34. The smallest absolute Gasteiger partial charge is 0.238 e. The van der Waals surface area contributed by atoms with Gasteiger partial charge >= 0.3 is 0 Å². The van der Waals surface area contributed by atoms with E-state index < -0.39 is 10.0 Å². The van der Waals surface area contributed by atoms with Gasteiger partial charge in [0.15, 0.2) is 5.96 Å². The number of aromatic amines is 1. The average molecular weight is 559 g/mol. The van der Waals surface area contributed by atoms with Crippen molar-refractivity contribution < 1.29 is 12.8 Å². The van der Waals surface area contributed by atoms with Crippen molar-refractivity contribution >= 4 is 50.9 Å². The molecule has 1 aromatic heterocycles. The molecule has 1 heterocycles. The van der Waals surface area contributed by atoms with Gasteiger partial charge < -0.3 is 15.6 Å². The zero-order chi connectivity index (χ0) is 21.6. The molecule has 168 valence electrons. The van der Waals surface area contributed by atoms with E-state index in [9.17, 15) is 12.8 Å². The van der Waals surface area contributed by atoms with Crippen LogP contribution in [0.5, 0.6) is 0 Å². The van der Waals surface area contributed by atoms with Crippen LogP contribution in [0.4, 0.5) is 4.39 Å². The zero-order valence-electron chi connectivity index (χ0n) is 17.2. The number of nitrogens with one attached hydrogen (secondary N) is 3. The lowest BCUT2D eigenvalue weighted by Crippen LogP contribution is -2.38. The highest BCUT2D eigenvalue weighted by Crippen LogP contribution is 2.19. The largest absolute Gasteiger partial charge is 0.361 e. The molecule has 0 atom stereocenters. The topological polar surface area (TPSA) is 112 Å². The van der Waals surface area contributed by atoms with Gasteiger partial charge in [0.05, 0.1) is 4.90 Å². The minimum absolute atomic E-state index is 0. The predicted octanol–water partition coefficient (Wildman–Crippen LogP) is 2.91. The van der Waals surface area contributed by atoms with Crippen molar-refractivity contribution in [3.05, 3.63) is 65.6 Å². The van der Waals surface area contributed by atoms with Gasteiger partial charge in [-0.3, -0.25) is 4.99 Å². The third-order valence-corrected chi connectivity index (χ3v) is 5.61. The quantitative estimate of drug-likeness (QED) is 0.193. The summed E-state index contributed by atoms with van der Waals surface area (Å²) in [4.78, 5) is 7.80. The van der Waals surface area contributed by atoms with Gasteiger partial charge in [0.1, 0.15) is 5.82 Å². The SMILES string of the molecule is CCNC(=NCCc1c[nH]c2cc(F)ccc12)NCCc1ccc(S(N)(=O)=O)cc1.I. The van der Waals surface area contributed by atoms with E-state index in [4.69, 9.17) is 5.14 Å². The molecule has 0 aliphatic carbocycles. The summed E-state index contributed by atoms with van der Waals surface area (Å²) >= 11 is 0. The van der Waals surface area contributed by atoms with E-state index >= 15 is 0 Å². The first-order chi connectivity index (χ1) is 14.4. The van der Waals surface area contributed by atoms with Crippen LogP contribution in [-0.2, 0) is 22.9 Å². The molecule has 5 N–H and O–H groups in total. The summed E-state index contributed by atoms with van der Waals surface area (Å²) in [5.41, 5.74) is 2.88. The lowest BCUT2D eigenvalue weighted by Gasteiger charge is -2.11. The van der Waals surface area contributed by atoms with E-state index in [1.54, 1.807) is 18.2 Å². The van der Waals surface area contributed by atoms with Crippen molar-refractivity contribution in [1.82, 2.24) is 15.6 Å². The average Bonchev–Trinajstić information content (AvgIpc) is 3.09. The van der Waals surface area contributed by atoms with Crippen LogP contribution in [0.25, 0.3) is 10.9 Å². The second kappa shape index (κ2) is 11.4. The fourth-order valence-corrected chi connectivity index (χ4v) is 3.68. The normalized spacial score (nSPS) is 11.9. The summed E-state index contributed by atoms with van der Waals surface area (Å²) < 4.78 is 35.9. The molecule has 0 aliphatic heterocycles. The number of hydrogen-bond donors (Lipinski definition) is 4. The summed E-state index contributed by atoms with van der Waals surface area (Å²) in [5.74, 6) is 0.455. The Morgan fingerprint density at radius 3 is 2.55 bits per heavy atom. The number of guanidine groups is 1. The number of fused-ring (bicyclic) bond motifs is 1. The summed E-state index contributed by atoms with van der Waals surface area (Å²) in [6, 6.07) is 11.3. The Labute approximate surface area is 198 Å². The maximum absolute atomic E-state index is 13.3. The van der Waals surface area contributed by atoms with Gasteiger partial charge in [0, 0.05) is 36.7 Å². The number of benzene rings is 2. The third-order valence-electron chi connectivity index (χ3n) is 4.68. The molecule has 0 radical (unpaired) electrons. The van der Waals surface area contributed by atoms with Crippen LogP contribution in [0.2, 0.25) is 0 Å². The van der Waals surface area contributed by atoms with E-state index in [1.165, 1.54) is 24.3 Å². The Bertz CT molecular complexity index is 1130. The molecular weight excluding hydrogens is 532 g/mol. The van der Waals surface area contributed by atoms with Gasteiger partial charge in [0.25, 0.3) is 0 Å². The zero-order valence-corrected chi connectivity index (χ0v) is 20.3. The molecule has 0 saturated carbocycles. The molecule has 3 aromatic rings. The predicted molar refractivity (Wildman–Crippen MR) is 133 cm³/mol. The minimum atomic E-state index is -3.67. The fraction of sp³-hybridized carbons (Fsp3) is 0.286. The number of hydrogen-bond acceptors (Lipinski definition) is 3. The number of H-pyrrole nitrogens is 1. The lowest BCUT2D eigenvalue weighted by molar-refractivity contribution is 0.597. The van der Waals surface area contributed by atoms with Crippen molar-refractivity contribution in [3.8, 4) is 0 Å². The summed E-state index contributed by atoms with van der Waals surface area (Å²) in [7, 11) is -3.67. The van der Waals surface area contributed by atoms with E-state index in [0.29, 0.717) is 25.5 Å². The molecule has 7 nitrogen and oxygen atoms in total. The number of nitrogens with two attached hydrogens (primary N) is 1. The standard InChI is InChI=1S/C21H26FN5O2S.HI/c1-2-24-21(25-11-9-15-3-6-18(7-4-15)30(23,28)29)26-12-10-16-14-27-20-13-17(22)5-8-19(16)20;/h3-8,13-14,27H,2,9-12H2,1H3,(H2,23,28,29)(H2,24,25,26);1H. The van der Waals surface area contributed by atoms with Crippen LogP contribution in [-0.4, -0.2) is 39.0 Å². The number of halogens is 2. The second-order valence-electron chi connectivity index (χ2n) is 6.88. The summed E-state index contributed by atoms with van der Waals surface area (Å²) in [6.45, 7) is 3.97. The van der Waals surface area contributed by atoms with Gasteiger partial charge in [-0.15, -0.1) is 24.0 Å². The maximum Gasteiger partial charge on any atom is 0.238 e. The Kier molecular flexibility index (Phi) is 9.26. The molecular formula is C21H27FIN5O2S. The Morgan fingerprint density at radius 1 is 1.13 bits per heavy atom. The first-order valence-corrected chi connectivity index (χ1v) is 11.3. The van der Waals surface area contributed by atoms with Gasteiger partial charge in [-0.25, -0.2) is 17.9 Å². The molecule has 0 unspecified atom stereocenters. The van der Waals surface area contributed by atoms with Crippen molar-refractivity contribution in [2.45, 2.75) is 24.7 Å². The number of nitrogens with zero attached hydrogens (tertiary/aromatic N) is 1. The van der Waals surface area contributed by atoms with Crippen LogP contribution in [0.15, 0.2) is 58.5 Å². The van der Waals surface area contributed by atoms with Crippen LogP contribution in [0.1, 0.15) is 18.1 Å². The third kappa shape index (κ3) is 7.18. The minimum Gasteiger partial charge on any atom is -0.361 e. The fourth-order valence-electron chi connectivity index (χ4n) is 3.17. The number of aromatic nitrogens is 1. The highest BCUT2D eigenvalue weighted by atomic mass is 127. The number of aliphatic imine (C=N–C) groups is 1. The van der Waals surface area contributed by atoms with Crippen molar-refractivity contribution in [2.75, 3.05) is 19.6 Å². The van der Waals surface area contributed by atoms with E-state index in [1.807, 2.05) is 13.1 Å². The van der Waals surface area contributed by atoms with Crippen LogP contribution >= 0.6 is 24.0 Å². The Morgan fingerprint density at radius 2 is 1.87 bits per heavy atom. The van der Waals surface area contributed by atoms with E-state index in [0.717, 1.165) is 35.0 Å². The number of rotatable bonds is 8. The molecule has 0 aliphatic rings. The molecule has 0 amide bonds. The maximum atomic E-state index is 13.3. The molecule has 0 spiro atoms. The molecule has 0 saturated heterocycles.